The third-order valence-corrected chi connectivity index (χ3v) is 8.29. The number of para-hydroxylation sites is 1. The molecule has 2 aliphatic rings. The molecule has 0 bridgehead atoms. The number of aryl methyl sites for hydroxylation is 1. The molecule has 0 spiro atoms. The third-order valence-electron chi connectivity index (χ3n) is 8.29. The van der Waals surface area contributed by atoms with Gasteiger partial charge < -0.3 is 10.6 Å². The van der Waals surface area contributed by atoms with Gasteiger partial charge in [-0.1, -0.05) is 68.8 Å². The number of H-pyrrole nitrogens is 1. The lowest BCUT2D eigenvalue weighted by Crippen LogP contribution is -2.55. The predicted octanol–water partition coefficient (Wildman–Crippen LogP) is 2.67. The Kier molecular flexibility index (Phi) is 8.56. The second kappa shape index (κ2) is 12.4. The van der Waals surface area contributed by atoms with E-state index < -0.39 is 18.0 Å². The van der Waals surface area contributed by atoms with E-state index in [1.165, 1.54) is 6.20 Å². The molecule has 1 aromatic heterocycles. The smallest absolute Gasteiger partial charge is 0.250 e. The summed E-state index contributed by atoms with van der Waals surface area (Å²) in [6.45, 7) is 4.14. The number of hydrogen-bond donors (Lipinski definition) is 3. The minimum Gasteiger partial charge on any atom is -0.348 e. The Morgan fingerprint density at radius 3 is 2.61 bits per heavy atom. The summed E-state index contributed by atoms with van der Waals surface area (Å²) in [4.78, 5) is 55.5. The number of aromatic amines is 1. The molecule has 0 saturated heterocycles. The molecular formula is C31H36N6O4. The molecule has 10 heteroatoms. The number of ketones is 1. The molecule has 0 fully saturated rings. The van der Waals surface area contributed by atoms with Gasteiger partial charge >= 0.3 is 0 Å². The molecule has 0 radical (unpaired) electrons. The molecule has 1 unspecified atom stereocenters. The van der Waals surface area contributed by atoms with Gasteiger partial charge in [0.05, 0.1) is 18.4 Å². The van der Waals surface area contributed by atoms with Crippen molar-refractivity contribution in [3.63, 3.8) is 0 Å². The highest BCUT2D eigenvalue weighted by atomic mass is 16.2. The van der Waals surface area contributed by atoms with Crippen molar-refractivity contribution in [2.45, 2.75) is 71.0 Å². The first-order valence-electron chi connectivity index (χ1n) is 14.3. The van der Waals surface area contributed by atoms with Gasteiger partial charge in [0.15, 0.2) is 0 Å². The van der Waals surface area contributed by atoms with E-state index in [9.17, 15) is 19.2 Å². The summed E-state index contributed by atoms with van der Waals surface area (Å²) in [5.41, 5.74) is 4.19. The molecule has 3 N–H and O–H groups in total. The lowest BCUT2D eigenvalue weighted by molar-refractivity contribution is -0.134. The number of rotatable bonds is 11. The maximum atomic E-state index is 14.0. The number of carbonyl (C=O) groups excluding carboxylic acids is 4. The molecular weight excluding hydrogens is 520 g/mol. The number of Topliss-reactive ketones (excluding diaryl/α,β-unsaturated/α-hetero) is 1. The number of aromatic nitrogens is 3. The van der Waals surface area contributed by atoms with Crippen molar-refractivity contribution in [3.8, 4) is 0 Å². The van der Waals surface area contributed by atoms with Crippen LogP contribution in [0.1, 0.15) is 55.5 Å². The van der Waals surface area contributed by atoms with Crippen molar-refractivity contribution >= 4 is 29.2 Å². The van der Waals surface area contributed by atoms with Crippen molar-refractivity contribution in [2.24, 2.45) is 11.8 Å². The highest BCUT2D eigenvalue weighted by Crippen LogP contribution is 2.39. The van der Waals surface area contributed by atoms with E-state index in [4.69, 9.17) is 0 Å². The number of nitrogens with zero attached hydrogens (tertiary/aromatic N) is 3. The van der Waals surface area contributed by atoms with Gasteiger partial charge in [0.2, 0.25) is 17.7 Å². The minimum absolute atomic E-state index is 0.00993. The Morgan fingerprint density at radius 2 is 1.88 bits per heavy atom. The number of carbonyl (C=O) groups is 4. The van der Waals surface area contributed by atoms with E-state index >= 15 is 0 Å². The van der Waals surface area contributed by atoms with Gasteiger partial charge in [0.1, 0.15) is 23.6 Å². The molecule has 3 heterocycles. The van der Waals surface area contributed by atoms with Crippen LogP contribution in [0.4, 0.5) is 5.69 Å². The zero-order chi connectivity index (χ0) is 28.9. The summed E-state index contributed by atoms with van der Waals surface area (Å²) in [7, 11) is 0. The quantitative estimate of drug-likeness (QED) is 0.332. The maximum absolute atomic E-state index is 14.0. The van der Waals surface area contributed by atoms with Crippen molar-refractivity contribution < 1.29 is 19.2 Å². The van der Waals surface area contributed by atoms with Crippen LogP contribution < -0.4 is 15.5 Å². The van der Waals surface area contributed by atoms with E-state index in [0.717, 1.165) is 28.8 Å². The summed E-state index contributed by atoms with van der Waals surface area (Å²) < 4.78 is 0. The highest BCUT2D eigenvalue weighted by molar-refractivity contribution is 6.08. The number of anilines is 1. The summed E-state index contributed by atoms with van der Waals surface area (Å²) >= 11 is 0. The Bertz CT molecular complexity index is 1410. The van der Waals surface area contributed by atoms with Crippen LogP contribution in [0.3, 0.4) is 0 Å². The lowest BCUT2D eigenvalue weighted by atomic mass is 9.85. The SMILES string of the molecule is CC[C@H](C)[C@H](CC(=O)Cc1ccccc1)C(=O)NC1CCc2cccc3c2N(C1=O)[C@H](C(=O)NCc1cn[nH]n1)C3. The normalized spacial score (nSPS) is 19.2. The number of benzene rings is 2. The van der Waals surface area contributed by atoms with Crippen molar-refractivity contribution in [1.29, 1.82) is 0 Å². The molecule has 41 heavy (non-hydrogen) atoms. The van der Waals surface area contributed by atoms with Gasteiger partial charge in [-0.3, -0.25) is 24.1 Å². The molecule has 4 atom stereocenters. The van der Waals surface area contributed by atoms with Crippen LogP contribution >= 0.6 is 0 Å². The number of nitrogens with one attached hydrogen (secondary N) is 3. The third kappa shape index (κ3) is 6.21. The van der Waals surface area contributed by atoms with Crippen LogP contribution in [0.5, 0.6) is 0 Å². The first kappa shape index (κ1) is 28.2. The van der Waals surface area contributed by atoms with Gasteiger partial charge in [0.25, 0.3) is 0 Å². The minimum atomic E-state index is -0.803. The van der Waals surface area contributed by atoms with Crippen LogP contribution in [0.25, 0.3) is 0 Å². The lowest BCUT2D eigenvalue weighted by Gasteiger charge is -2.29. The summed E-state index contributed by atoms with van der Waals surface area (Å²) in [5.74, 6) is -1.49. The second-order valence-corrected chi connectivity index (χ2v) is 11.0. The fraction of sp³-hybridized carbons (Fsp3) is 0.419. The van der Waals surface area contributed by atoms with Gasteiger partial charge in [-0.15, -0.1) is 0 Å². The van der Waals surface area contributed by atoms with E-state index in [2.05, 4.69) is 26.0 Å². The van der Waals surface area contributed by atoms with Crippen LogP contribution in [0, 0.1) is 11.8 Å². The zero-order valence-electron chi connectivity index (χ0n) is 23.4. The fourth-order valence-corrected chi connectivity index (χ4v) is 5.84. The summed E-state index contributed by atoms with van der Waals surface area (Å²) in [6.07, 6.45) is 4.02. The Hall–Kier alpha value is -4.34. The van der Waals surface area contributed by atoms with Gasteiger partial charge in [0, 0.05) is 25.2 Å². The first-order valence-corrected chi connectivity index (χ1v) is 14.3. The van der Waals surface area contributed by atoms with Crippen LogP contribution in [-0.4, -0.2) is 51.0 Å². The topological polar surface area (TPSA) is 137 Å². The molecule has 3 aromatic rings. The van der Waals surface area contributed by atoms with Crippen LogP contribution in [-0.2, 0) is 45.0 Å². The molecule has 214 valence electrons. The molecule has 2 aliphatic heterocycles. The molecule has 5 rings (SSSR count). The van der Waals surface area contributed by atoms with Gasteiger partial charge in [-0.25, -0.2) is 0 Å². The van der Waals surface area contributed by atoms with Gasteiger partial charge in [-0.05, 0) is 35.4 Å². The van der Waals surface area contributed by atoms with E-state index in [-0.39, 0.29) is 48.8 Å². The predicted molar refractivity (Wildman–Crippen MR) is 153 cm³/mol. The van der Waals surface area contributed by atoms with Crippen molar-refractivity contribution in [1.82, 2.24) is 26.0 Å². The number of hydrogen-bond acceptors (Lipinski definition) is 6. The second-order valence-electron chi connectivity index (χ2n) is 11.0. The summed E-state index contributed by atoms with van der Waals surface area (Å²) in [6, 6.07) is 13.8. The standard InChI is InChI=1S/C31H36N6O4/c1-3-19(2)25(16-24(38)14-20-8-5-4-6-9-20)29(39)34-26-13-12-21-10-7-11-22-15-27(37(28(21)22)31(26)41)30(40)32-17-23-18-33-36-35-23/h4-11,18-19,25-27H,3,12-17H2,1-2H3,(H,32,40)(H,34,39)(H,33,35,36)/t19-,25-,26?,27-/m0/s1. The Morgan fingerprint density at radius 1 is 1.10 bits per heavy atom. The molecule has 2 aromatic carbocycles. The Labute approximate surface area is 239 Å². The molecule has 0 aliphatic carbocycles. The zero-order valence-corrected chi connectivity index (χ0v) is 23.4. The summed E-state index contributed by atoms with van der Waals surface area (Å²) in [5, 5.41) is 16.1. The van der Waals surface area contributed by atoms with Crippen LogP contribution in [0.15, 0.2) is 54.7 Å². The largest absolute Gasteiger partial charge is 0.348 e. The van der Waals surface area contributed by atoms with Crippen molar-refractivity contribution in [3.05, 3.63) is 77.1 Å². The monoisotopic (exact) mass is 556 g/mol. The molecule has 3 amide bonds. The Balaban J connectivity index is 1.32. The average molecular weight is 557 g/mol. The van der Waals surface area contributed by atoms with E-state index in [1.54, 1.807) is 4.90 Å². The fourth-order valence-electron chi connectivity index (χ4n) is 5.84. The molecule has 10 nitrogen and oxygen atoms in total. The maximum Gasteiger partial charge on any atom is 0.250 e. The van der Waals surface area contributed by atoms with Gasteiger partial charge in [-0.2, -0.15) is 15.4 Å². The highest BCUT2D eigenvalue weighted by Gasteiger charge is 2.44. The van der Waals surface area contributed by atoms with Crippen LogP contribution in [0.2, 0.25) is 0 Å². The number of amides is 3. The van der Waals surface area contributed by atoms with Crippen molar-refractivity contribution in [2.75, 3.05) is 4.90 Å². The molecule has 0 saturated carbocycles. The van der Waals surface area contributed by atoms with E-state index in [0.29, 0.717) is 25.0 Å². The average Bonchev–Trinajstić information content (AvgIpc) is 3.62. The first-order chi connectivity index (χ1) is 19.9. The van der Waals surface area contributed by atoms with E-state index in [1.807, 2.05) is 62.4 Å².